The molecular formula is C14H13N5O2. The maximum absolute atomic E-state index is 11.4. The molecule has 2 heterocycles. The van der Waals surface area contributed by atoms with Crippen LogP contribution in [0.3, 0.4) is 0 Å². The van der Waals surface area contributed by atoms with Crippen molar-refractivity contribution in [1.82, 2.24) is 15.3 Å². The van der Waals surface area contributed by atoms with Gasteiger partial charge in [-0.3, -0.25) is 14.9 Å². The van der Waals surface area contributed by atoms with Gasteiger partial charge in [0, 0.05) is 11.6 Å². The Labute approximate surface area is 120 Å². The molecular weight excluding hydrogens is 270 g/mol. The third kappa shape index (κ3) is 2.81. The molecule has 3 N–H and O–H groups in total. The summed E-state index contributed by atoms with van der Waals surface area (Å²) in [5, 5.41) is 2.25. The summed E-state index contributed by atoms with van der Waals surface area (Å²) in [4.78, 5) is 33.1. The molecule has 7 nitrogen and oxygen atoms in total. The zero-order valence-corrected chi connectivity index (χ0v) is 11.1. The topological polar surface area (TPSA) is 101 Å². The van der Waals surface area contributed by atoms with Crippen molar-refractivity contribution in [1.29, 1.82) is 0 Å². The third-order valence-corrected chi connectivity index (χ3v) is 3.04. The van der Waals surface area contributed by atoms with Crippen LogP contribution in [0.25, 0.3) is 11.4 Å². The summed E-state index contributed by atoms with van der Waals surface area (Å²) >= 11 is 0. The van der Waals surface area contributed by atoms with Crippen molar-refractivity contribution in [2.75, 3.05) is 23.7 Å². The van der Waals surface area contributed by atoms with Crippen LogP contribution in [0.1, 0.15) is 0 Å². The molecule has 1 aliphatic heterocycles. The fraction of sp³-hybridized carbons (Fsp3) is 0.143. The molecule has 0 saturated carbocycles. The predicted octanol–water partition coefficient (Wildman–Crippen LogP) is 0.189. The maximum atomic E-state index is 11.4. The number of rotatable bonds is 2. The highest BCUT2D eigenvalue weighted by Gasteiger charge is 2.24. The minimum atomic E-state index is -0.357. The summed E-state index contributed by atoms with van der Waals surface area (Å²) in [5.41, 5.74) is 6.63. The van der Waals surface area contributed by atoms with Crippen molar-refractivity contribution in [2.45, 2.75) is 0 Å². The molecule has 0 bridgehead atoms. The van der Waals surface area contributed by atoms with E-state index in [4.69, 9.17) is 5.73 Å². The summed E-state index contributed by atoms with van der Waals surface area (Å²) in [7, 11) is 0. The Morgan fingerprint density at radius 2 is 1.71 bits per heavy atom. The molecule has 0 atom stereocenters. The van der Waals surface area contributed by atoms with E-state index >= 15 is 0 Å². The highest BCUT2D eigenvalue weighted by molar-refractivity contribution is 6.02. The molecule has 1 aliphatic rings. The first-order valence-corrected chi connectivity index (χ1v) is 6.39. The van der Waals surface area contributed by atoms with Gasteiger partial charge in [0.2, 0.25) is 11.8 Å². The fourth-order valence-corrected chi connectivity index (χ4v) is 2.13. The Morgan fingerprint density at radius 1 is 1.05 bits per heavy atom. The van der Waals surface area contributed by atoms with Crippen LogP contribution in [-0.4, -0.2) is 34.9 Å². The molecule has 7 heteroatoms. The van der Waals surface area contributed by atoms with Gasteiger partial charge < -0.3 is 10.6 Å². The molecule has 2 amide bonds. The second-order valence-corrected chi connectivity index (χ2v) is 4.67. The maximum Gasteiger partial charge on any atom is 0.246 e. The van der Waals surface area contributed by atoms with Crippen molar-refractivity contribution < 1.29 is 9.59 Å². The largest absolute Gasteiger partial charge is 0.384 e. The van der Waals surface area contributed by atoms with Gasteiger partial charge in [-0.2, -0.15) is 0 Å². The molecule has 1 aromatic carbocycles. The number of benzene rings is 1. The van der Waals surface area contributed by atoms with Crippen LogP contribution in [-0.2, 0) is 9.59 Å². The minimum Gasteiger partial charge on any atom is -0.384 e. The number of carbonyl (C=O) groups excluding carboxylic acids is 2. The van der Waals surface area contributed by atoms with Gasteiger partial charge in [-0.05, 0) is 0 Å². The van der Waals surface area contributed by atoms with E-state index in [1.165, 1.54) is 0 Å². The number of hydrogen-bond acceptors (Lipinski definition) is 6. The summed E-state index contributed by atoms with van der Waals surface area (Å²) in [5.74, 6) is 0.500. The molecule has 2 aromatic rings. The van der Waals surface area contributed by atoms with Crippen LogP contribution >= 0.6 is 0 Å². The molecule has 1 saturated heterocycles. The Morgan fingerprint density at radius 3 is 2.38 bits per heavy atom. The zero-order valence-electron chi connectivity index (χ0n) is 11.1. The fourth-order valence-electron chi connectivity index (χ4n) is 2.13. The van der Waals surface area contributed by atoms with E-state index in [-0.39, 0.29) is 30.7 Å². The average molecular weight is 283 g/mol. The second kappa shape index (κ2) is 5.20. The molecule has 0 spiro atoms. The predicted molar refractivity (Wildman–Crippen MR) is 77.2 cm³/mol. The summed E-state index contributed by atoms with van der Waals surface area (Å²) < 4.78 is 0. The second-order valence-electron chi connectivity index (χ2n) is 4.67. The van der Waals surface area contributed by atoms with Crippen molar-refractivity contribution in [2.24, 2.45) is 0 Å². The number of amides is 2. The standard InChI is InChI=1S/C14H13N5O2/c15-10-6-11(19-7-12(20)18-13(21)8-19)17-14(16-10)9-4-2-1-3-5-9/h1-6H,7-8H2,(H2,15,16,17)(H,18,20,21). The highest BCUT2D eigenvalue weighted by Crippen LogP contribution is 2.21. The summed E-state index contributed by atoms with van der Waals surface area (Å²) in [6, 6.07) is 10.9. The normalized spacial score (nSPS) is 15.0. The first kappa shape index (κ1) is 13.0. The van der Waals surface area contributed by atoms with Crippen LogP contribution < -0.4 is 16.0 Å². The Balaban J connectivity index is 1.98. The number of anilines is 2. The van der Waals surface area contributed by atoms with Gasteiger partial charge in [-0.25, -0.2) is 9.97 Å². The number of nitrogens with two attached hydrogens (primary N) is 1. The number of nitrogen functional groups attached to an aromatic ring is 1. The van der Waals surface area contributed by atoms with Gasteiger partial charge in [-0.15, -0.1) is 0 Å². The van der Waals surface area contributed by atoms with Crippen molar-refractivity contribution in [3.8, 4) is 11.4 Å². The van der Waals surface area contributed by atoms with Gasteiger partial charge in [0.15, 0.2) is 5.82 Å². The molecule has 0 radical (unpaired) electrons. The van der Waals surface area contributed by atoms with E-state index in [0.29, 0.717) is 11.6 Å². The van der Waals surface area contributed by atoms with Crippen LogP contribution in [0.15, 0.2) is 36.4 Å². The summed E-state index contributed by atoms with van der Waals surface area (Å²) in [6.45, 7) is 0.132. The monoisotopic (exact) mass is 283 g/mol. The zero-order chi connectivity index (χ0) is 14.8. The third-order valence-electron chi connectivity index (χ3n) is 3.04. The van der Waals surface area contributed by atoms with E-state index < -0.39 is 0 Å². The smallest absolute Gasteiger partial charge is 0.246 e. The van der Waals surface area contributed by atoms with E-state index in [9.17, 15) is 9.59 Å². The van der Waals surface area contributed by atoms with Crippen LogP contribution in [0.2, 0.25) is 0 Å². The lowest BCUT2D eigenvalue weighted by Crippen LogP contribution is -2.51. The Hall–Kier alpha value is -2.96. The molecule has 0 aliphatic carbocycles. The molecule has 1 fully saturated rings. The SMILES string of the molecule is Nc1cc(N2CC(=O)NC(=O)C2)nc(-c2ccccc2)n1. The van der Waals surface area contributed by atoms with E-state index in [1.54, 1.807) is 11.0 Å². The van der Waals surface area contributed by atoms with Gasteiger partial charge in [0.1, 0.15) is 11.6 Å². The van der Waals surface area contributed by atoms with Crippen LogP contribution in [0, 0.1) is 0 Å². The minimum absolute atomic E-state index is 0.0659. The quantitative estimate of drug-likeness (QED) is 0.763. The van der Waals surface area contributed by atoms with E-state index in [2.05, 4.69) is 15.3 Å². The first-order chi connectivity index (χ1) is 10.1. The molecule has 3 rings (SSSR count). The molecule has 1 aromatic heterocycles. The number of nitrogens with one attached hydrogen (secondary N) is 1. The number of piperazine rings is 1. The average Bonchev–Trinajstić information content (AvgIpc) is 2.46. The Bertz CT molecular complexity index is 686. The highest BCUT2D eigenvalue weighted by atomic mass is 16.2. The van der Waals surface area contributed by atoms with Gasteiger partial charge in [-0.1, -0.05) is 30.3 Å². The van der Waals surface area contributed by atoms with Crippen molar-refractivity contribution >= 4 is 23.5 Å². The van der Waals surface area contributed by atoms with Crippen molar-refractivity contribution in [3.63, 3.8) is 0 Å². The van der Waals surface area contributed by atoms with Crippen LogP contribution in [0.5, 0.6) is 0 Å². The van der Waals surface area contributed by atoms with E-state index in [1.807, 2.05) is 30.3 Å². The summed E-state index contributed by atoms with van der Waals surface area (Å²) in [6.07, 6.45) is 0. The number of hydrogen-bond donors (Lipinski definition) is 2. The lowest BCUT2D eigenvalue weighted by molar-refractivity contribution is -0.130. The Kier molecular flexibility index (Phi) is 3.23. The van der Waals surface area contributed by atoms with E-state index in [0.717, 1.165) is 5.56 Å². The van der Waals surface area contributed by atoms with Crippen molar-refractivity contribution in [3.05, 3.63) is 36.4 Å². The molecule has 0 unspecified atom stereocenters. The lowest BCUT2D eigenvalue weighted by Gasteiger charge is -2.26. The number of aromatic nitrogens is 2. The molecule has 106 valence electrons. The number of imide groups is 1. The van der Waals surface area contributed by atoms with Gasteiger partial charge >= 0.3 is 0 Å². The molecule has 21 heavy (non-hydrogen) atoms. The lowest BCUT2D eigenvalue weighted by atomic mass is 10.2. The van der Waals surface area contributed by atoms with Crippen LogP contribution in [0.4, 0.5) is 11.6 Å². The van der Waals surface area contributed by atoms with Gasteiger partial charge in [0.05, 0.1) is 13.1 Å². The number of nitrogens with zero attached hydrogens (tertiary/aromatic N) is 3. The first-order valence-electron chi connectivity index (χ1n) is 6.39. The van der Waals surface area contributed by atoms with Gasteiger partial charge in [0.25, 0.3) is 0 Å². The number of carbonyl (C=O) groups is 2.